The molecule has 1 atom stereocenters. The first-order chi connectivity index (χ1) is 9.48. The zero-order valence-corrected chi connectivity index (χ0v) is 14.7. The molecule has 1 fully saturated rings. The van der Waals surface area contributed by atoms with Crippen LogP contribution in [0.25, 0.3) is 5.14 Å². The molecule has 0 amide bonds. The number of fused-ring (bicyclic) bond motifs is 1. The topological polar surface area (TPSA) is 85.6 Å². The quantitative estimate of drug-likeness (QED) is 0.715. The van der Waals surface area contributed by atoms with E-state index in [0.29, 0.717) is 5.75 Å². The van der Waals surface area contributed by atoms with E-state index in [9.17, 15) is 8.42 Å². The van der Waals surface area contributed by atoms with Crippen LogP contribution in [0.5, 0.6) is 5.75 Å². The van der Waals surface area contributed by atoms with Gasteiger partial charge in [0, 0.05) is 18.4 Å². The number of benzene rings is 1. The van der Waals surface area contributed by atoms with Gasteiger partial charge >= 0.3 is 29.6 Å². The van der Waals surface area contributed by atoms with E-state index in [1.54, 1.807) is 0 Å². The molecule has 1 spiro atoms. The zero-order chi connectivity index (χ0) is 14.2. The van der Waals surface area contributed by atoms with Crippen LogP contribution >= 0.6 is 0 Å². The second-order valence-corrected chi connectivity index (χ2v) is 6.25. The first-order valence-corrected chi connectivity index (χ1v) is 7.98. The van der Waals surface area contributed by atoms with Crippen LogP contribution in [-0.4, -0.2) is 20.8 Å². The molecule has 0 radical (unpaired) electrons. The minimum atomic E-state index is -4.23. The summed E-state index contributed by atoms with van der Waals surface area (Å²) in [6, 6.07) is 7.37. The van der Waals surface area contributed by atoms with Crippen LogP contribution in [0.15, 0.2) is 24.3 Å². The summed E-state index contributed by atoms with van der Waals surface area (Å²) in [5.74, 6) is 0.0328. The van der Waals surface area contributed by atoms with Crippen LogP contribution < -0.4 is 34.3 Å². The SMILES string of the molecule is [NH-]S(=O)(=O)OC[C@H]1OC2(CCCC2)Oc2ccccc21.[Na+]. The third-order valence-electron chi connectivity index (χ3n) is 3.66. The van der Waals surface area contributed by atoms with Crippen LogP contribution in [-0.2, 0) is 19.2 Å². The molecule has 1 aliphatic heterocycles. The Hall–Kier alpha value is -0.150. The Kier molecular flexibility index (Phi) is 5.36. The standard InChI is InChI=1S/C13H16NO5S.Na/c14-20(15,16)17-9-12-10-5-1-2-6-11(10)18-13(19-12)7-3-4-8-13;/h1-2,5-6,12H,3-4,7-9H2,(H-,14,15,16);/q-1;+1/t12-;/m1./s1. The molecule has 1 aromatic rings. The van der Waals surface area contributed by atoms with Gasteiger partial charge in [-0.3, -0.25) is 4.18 Å². The van der Waals surface area contributed by atoms with Crippen molar-refractivity contribution in [3.05, 3.63) is 35.0 Å². The van der Waals surface area contributed by atoms with E-state index >= 15 is 0 Å². The molecule has 2 aliphatic rings. The molecule has 0 saturated heterocycles. The van der Waals surface area contributed by atoms with Gasteiger partial charge < -0.3 is 14.6 Å². The van der Waals surface area contributed by atoms with Crippen LogP contribution in [0, 0.1) is 0 Å². The fraction of sp³-hybridized carbons (Fsp3) is 0.538. The van der Waals surface area contributed by atoms with E-state index in [-0.39, 0.29) is 36.2 Å². The summed E-state index contributed by atoms with van der Waals surface area (Å²) in [7, 11) is -4.23. The van der Waals surface area contributed by atoms with E-state index in [4.69, 9.17) is 14.6 Å². The van der Waals surface area contributed by atoms with E-state index in [1.807, 2.05) is 24.3 Å². The fourth-order valence-corrected chi connectivity index (χ4v) is 3.10. The third-order valence-corrected chi connectivity index (χ3v) is 4.11. The van der Waals surface area contributed by atoms with E-state index in [1.165, 1.54) is 0 Å². The number of hydrogen-bond donors (Lipinski definition) is 0. The Morgan fingerprint density at radius 1 is 1.29 bits per heavy atom. The number of hydrogen-bond acceptors (Lipinski definition) is 5. The maximum absolute atomic E-state index is 10.9. The van der Waals surface area contributed by atoms with Gasteiger partial charge in [0.05, 0.1) is 6.61 Å². The molecular formula is C13H16NNaO5S. The minimum absolute atomic E-state index is 0. The van der Waals surface area contributed by atoms with Gasteiger partial charge in [0.15, 0.2) is 10.3 Å². The van der Waals surface area contributed by atoms with Gasteiger partial charge in [-0.25, -0.2) is 8.42 Å². The van der Waals surface area contributed by atoms with Gasteiger partial charge in [-0.05, 0) is 18.9 Å². The van der Waals surface area contributed by atoms with Crippen molar-refractivity contribution in [2.45, 2.75) is 37.6 Å². The van der Waals surface area contributed by atoms with Gasteiger partial charge in [0.25, 0.3) is 0 Å². The summed E-state index contributed by atoms with van der Waals surface area (Å²) < 4.78 is 38.2. The average molecular weight is 321 g/mol. The Morgan fingerprint density at radius 3 is 2.62 bits per heavy atom. The second-order valence-electron chi connectivity index (χ2n) is 5.10. The summed E-state index contributed by atoms with van der Waals surface area (Å²) in [5.41, 5.74) is 0.758. The molecule has 1 N–H and O–H groups in total. The number of rotatable bonds is 3. The van der Waals surface area contributed by atoms with Gasteiger partial charge in [0.1, 0.15) is 11.9 Å². The maximum atomic E-state index is 10.9. The maximum Gasteiger partial charge on any atom is 1.00 e. The molecule has 1 aliphatic carbocycles. The van der Waals surface area contributed by atoms with Crippen molar-refractivity contribution in [3.63, 3.8) is 0 Å². The average Bonchev–Trinajstić information content (AvgIpc) is 2.83. The Balaban J connectivity index is 0.00000161. The van der Waals surface area contributed by atoms with Crippen LogP contribution in [0.1, 0.15) is 37.4 Å². The summed E-state index contributed by atoms with van der Waals surface area (Å²) >= 11 is 0. The van der Waals surface area contributed by atoms with Gasteiger partial charge in [0.2, 0.25) is 5.79 Å². The summed E-state index contributed by atoms with van der Waals surface area (Å²) in [4.78, 5) is 0. The predicted molar refractivity (Wildman–Crippen MR) is 71.3 cm³/mol. The van der Waals surface area contributed by atoms with Gasteiger partial charge in [-0.1, -0.05) is 18.2 Å². The molecule has 1 aromatic carbocycles. The van der Waals surface area contributed by atoms with Crippen LogP contribution in [0.3, 0.4) is 0 Å². The molecule has 0 bridgehead atoms. The first-order valence-electron chi connectivity index (χ1n) is 6.57. The molecule has 0 unspecified atom stereocenters. The van der Waals surface area contributed by atoms with Crippen molar-refractivity contribution in [2.75, 3.05) is 6.61 Å². The largest absolute Gasteiger partial charge is 1.00 e. The summed E-state index contributed by atoms with van der Waals surface area (Å²) in [6.07, 6.45) is 3.08. The summed E-state index contributed by atoms with van der Waals surface area (Å²) in [6.45, 7) is -0.200. The smallest absolute Gasteiger partial charge is 0.540 e. The van der Waals surface area contributed by atoms with Crippen LogP contribution in [0.2, 0.25) is 0 Å². The van der Waals surface area contributed by atoms with Crippen molar-refractivity contribution >= 4 is 10.3 Å². The van der Waals surface area contributed by atoms with Crippen molar-refractivity contribution in [2.24, 2.45) is 0 Å². The van der Waals surface area contributed by atoms with E-state index in [0.717, 1.165) is 31.2 Å². The van der Waals surface area contributed by atoms with Crippen molar-refractivity contribution in [3.8, 4) is 5.75 Å². The molecule has 3 rings (SSSR count). The molecule has 0 aromatic heterocycles. The first kappa shape index (κ1) is 17.2. The molecule has 110 valence electrons. The van der Waals surface area contributed by atoms with E-state index < -0.39 is 22.2 Å². The number of ether oxygens (including phenoxy) is 2. The van der Waals surface area contributed by atoms with Crippen LogP contribution in [0.4, 0.5) is 0 Å². The van der Waals surface area contributed by atoms with Crippen molar-refractivity contribution in [1.29, 1.82) is 0 Å². The number of para-hydroxylation sites is 1. The number of nitrogens with one attached hydrogen (secondary N) is 1. The molecule has 8 heteroatoms. The molecule has 6 nitrogen and oxygen atoms in total. The molecule has 1 heterocycles. The monoisotopic (exact) mass is 321 g/mol. The molecular weight excluding hydrogens is 305 g/mol. The third kappa shape index (κ3) is 3.98. The Labute approximate surface area is 146 Å². The Bertz CT molecular complexity index is 600. The van der Waals surface area contributed by atoms with E-state index in [2.05, 4.69) is 4.18 Å². The Morgan fingerprint density at radius 2 is 1.95 bits per heavy atom. The van der Waals surface area contributed by atoms with Crippen molar-refractivity contribution in [1.82, 2.24) is 0 Å². The zero-order valence-electron chi connectivity index (χ0n) is 11.9. The minimum Gasteiger partial charge on any atom is -0.540 e. The normalized spacial score (nSPS) is 23.2. The van der Waals surface area contributed by atoms with Gasteiger partial charge in [-0.2, -0.15) is 0 Å². The fourth-order valence-electron chi connectivity index (χ4n) is 2.80. The summed E-state index contributed by atoms with van der Waals surface area (Å²) in [5, 5.41) is 6.80. The molecule has 21 heavy (non-hydrogen) atoms. The molecule has 1 saturated carbocycles. The second kappa shape index (κ2) is 6.54. The predicted octanol–water partition coefficient (Wildman–Crippen LogP) is -0.275. The van der Waals surface area contributed by atoms with Gasteiger partial charge in [-0.15, -0.1) is 0 Å². The van der Waals surface area contributed by atoms with Crippen molar-refractivity contribution < 1.29 is 51.6 Å².